The first-order valence-electron chi connectivity index (χ1n) is 8.11. The molecule has 0 heterocycles. The number of benzene rings is 1. The highest BCUT2D eigenvalue weighted by atomic mass is 16.3. The van der Waals surface area contributed by atoms with E-state index in [1.165, 1.54) is 37.7 Å². The Hall–Kier alpha value is -0.860. The third kappa shape index (κ3) is 4.60. The lowest BCUT2D eigenvalue weighted by atomic mass is 9.89. The summed E-state index contributed by atoms with van der Waals surface area (Å²) < 4.78 is 0. The summed E-state index contributed by atoms with van der Waals surface area (Å²) in [6, 6.07) is 8.94. The van der Waals surface area contributed by atoms with Gasteiger partial charge in [-0.2, -0.15) is 0 Å². The SMILES string of the molecule is CC(C)C1CCCC(NCc2ccc(CO)cc2)CC1. The lowest BCUT2D eigenvalue weighted by Crippen LogP contribution is -2.28. The van der Waals surface area contributed by atoms with Gasteiger partial charge in [0, 0.05) is 12.6 Å². The van der Waals surface area contributed by atoms with Gasteiger partial charge in [0.05, 0.1) is 6.61 Å². The first kappa shape index (κ1) is 15.5. The highest BCUT2D eigenvalue weighted by molar-refractivity contribution is 5.21. The molecule has 1 aromatic rings. The summed E-state index contributed by atoms with van der Waals surface area (Å²) in [7, 11) is 0. The van der Waals surface area contributed by atoms with E-state index in [1.807, 2.05) is 12.1 Å². The first-order chi connectivity index (χ1) is 9.69. The van der Waals surface area contributed by atoms with E-state index in [2.05, 4.69) is 31.3 Å². The van der Waals surface area contributed by atoms with Gasteiger partial charge in [0.15, 0.2) is 0 Å². The van der Waals surface area contributed by atoms with Crippen LogP contribution in [0.25, 0.3) is 0 Å². The van der Waals surface area contributed by atoms with E-state index in [4.69, 9.17) is 5.11 Å². The third-order valence-electron chi connectivity index (χ3n) is 4.76. The normalized spacial score (nSPS) is 23.8. The number of hydrogen-bond acceptors (Lipinski definition) is 2. The van der Waals surface area contributed by atoms with E-state index in [-0.39, 0.29) is 6.61 Å². The first-order valence-corrected chi connectivity index (χ1v) is 8.11. The van der Waals surface area contributed by atoms with Crippen molar-refractivity contribution in [2.75, 3.05) is 0 Å². The Morgan fingerprint density at radius 1 is 1.05 bits per heavy atom. The van der Waals surface area contributed by atoms with Gasteiger partial charge < -0.3 is 10.4 Å². The van der Waals surface area contributed by atoms with Gasteiger partial charge >= 0.3 is 0 Å². The van der Waals surface area contributed by atoms with Gasteiger partial charge in [-0.25, -0.2) is 0 Å². The van der Waals surface area contributed by atoms with Crippen LogP contribution in [-0.2, 0) is 13.2 Å². The predicted molar refractivity (Wildman–Crippen MR) is 84.4 cm³/mol. The standard InChI is InChI=1S/C18H29NO/c1-14(2)17-4-3-5-18(11-10-17)19-12-15-6-8-16(13-20)9-7-15/h6-9,14,17-20H,3-5,10-13H2,1-2H3. The lowest BCUT2D eigenvalue weighted by Gasteiger charge is -2.19. The highest BCUT2D eigenvalue weighted by Gasteiger charge is 2.20. The fourth-order valence-electron chi connectivity index (χ4n) is 3.23. The second kappa shape index (κ2) is 7.80. The van der Waals surface area contributed by atoms with E-state index < -0.39 is 0 Å². The minimum atomic E-state index is 0.132. The van der Waals surface area contributed by atoms with Crippen molar-refractivity contribution in [2.24, 2.45) is 11.8 Å². The van der Waals surface area contributed by atoms with Gasteiger partial charge in [0.2, 0.25) is 0 Å². The van der Waals surface area contributed by atoms with Crippen molar-refractivity contribution in [3.63, 3.8) is 0 Å². The zero-order valence-corrected chi connectivity index (χ0v) is 12.9. The van der Waals surface area contributed by atoms with Gasteiger partial charge in [-0.3, -0.25) is 0 Å². The third-order valence-corrected chi connectivity index (χ3v) is 4.76. The lowest BCUT2D eigenvalue weighted by molar-refractivity contribution is 0.282. The summed E-state index contributed by atoms with van der Waals surface area (Å²) in [5, 5.41) is 12.8. The van der Waals surface area contributed by atoms with Gasteiger partial charge in [-0.1, -0.05) is 51.0 Å². The molecule has 20 heavy (non-hydrogen) atoms. The molecule has 0 bridgehead atoms. The second-order valence-electron chi connectivity index (χ2n) is 6.56. The van der Waals surface area contributed by atoms with Gasteiger partial charge in [0.1, 0.15) is 0 Å². The Kier molecular flexibility index (Phi) is 6.06. The van der Waals surface area contributed by atoms with Gasteiger partial charge in [-0.15, -0.1) is 0 Å². The van der Waals surface area contributed by atoms with Gasteiger partial charge in [-0.05, 0) is 42.2 Å². The van der Waals surface area contributed by atoms with E-state index in [1.54, 1.807) is 0 Å². The van der Waals surface area contributed by atoms with E-state index in [0.717, 1.165) is 23.9 Å². The van der Waals surface area contributed by atoms with E-state index in [9.17, 15) is 0 Å². The summed E-state index contributed by atoms with van der Waals surface area (Å²) in [6.07, 6.45) is 6.78. The van der Waals surface area contributed by atoms with Gasteiger partial charge in [0.25, 0.3) is 0 Å². The molecule has 2 heteroatoms. The number of aliphatic hydroxyl groups excluding tert-OH is 1. The molecule has 2 rings (SSSR count). The maximum absolute atomic E-state index is 9.05. The maximum atomic E-state index is 9.05. The molecule has 2 atom stereocenters. The fourth-order valence-corrected chi connectivity index (χ4v) is 3.23. The van der Waals surface area contributed by atoms with Crippen molar-refractivity contribution in [3.05, 3.63) is 35.4 Å². The molecule has 2 unspecified atom stereocenters. The zero-order chi connectivity index (χ0) is 14.4. The number of hydrogen-bond donors (Lipinski definition) is 2. The predicted octanol–water partition coefficient (Wildman–Crippen LogP) is 3.87. The molecule has 2 N–H and O–H groups in total. The number of rotatable bonds is 5. The summed E-state index contributed by atoms with van der Waals surface area (Å²) >= 11 is 0. The smallest absolute Gasteiger partial charge is 0.0681 e. The summed E-state index contributed by atoms with van der Waals surface area (Å²) in [5.41, 5.74) is 2.30. The van der Waals surface area contributed by atoms with Crippen molar-refractivity contribution in [2.45, 2.75) is 65.1 Å². The molecule has 1 aliphatic carbocycles. The molecular weight excluding hydrogens is 246 g/mol. The minimum Gasteiger partial charge on any atom is -0.392 e. The van der Waals surface area contributed by atoms with Crippen LogP contribution < -0.4 is 5.32 Å². The molecule has 112 valence electrons. The van der Waals surface area contributed by atoms with Crippen LogP contribution in [0.5, 0.6) is 0 Å². The molecule has 1 aliphatic rings. The van der Waals surface area contributed by atoms with E-state index >= 15 is 0 Å². The van der Waals surface area contributed by atoms with Crippen LogP contribution in [0.2, 0.25) is 0 Å². The Labute approximate surface area is 123 Å². The van der Waals surface area contributed by atoms with Crippen LogP contribution in [0.1, 0.15) is 57.1 Å². The van der Waals surface area contributed by atoms with Crippen molar-refractivity contribution >= 4 is 0 Å². The summed E-state index contributed by atoms with van der Waals surface area (Å²) in [5.74, 6) is 1.76. The maximum Gasteiger partial charge on any atom is 0.0681 e. The largest absolute Gasteiger partial charge is 0.392 e. The summed E-state index contributed by atoms with van der Waals surface area (Å²) in [4.78, 5) is 0. The molecule has 0 saturated heterocycles. The van der Waals surface area contributed by atoms with Crippen molar-refractivity contribution in [1.82, 2.24) is 5.32 Å². The van der Waals surface area contributed by atoms with Crippen LogP contribution in [0.3, 0.4) is 0 Å². The second-order valence-corrected chi connectivity index (χ2v) is 6.56. The van der Waals surface area contributed by atoms with Crippen molar-refractivity contribution in [3.8, 4) is 0 Å². The number of nitrogens with one attached hydrogen (secondary N) is 1. The van der Waals surface area contributed by atoms with Crippen molar-refractivity contribution in [1.29, 1.82) is 0 Å². The Balaban J connectivity index is 1.78. The molecule has 0 spiro atoms. The molecule has 0 amide bonds. The molecule has 1 saturated carbocycles. The van der Waals surface area contributed by atoms with Crippen LogP contribution in [0.4, 0.5) is 0 Å². The van der Waals surface area contributed by atoms with E-state index in [0.29, 0.717) is 6.04 Å². The Bertz CT molecular complexity index is 385. The molecule has 0 aromatic heterocycles. The zero-order valence-electron chi connectivity index (χ0n) is 12.9. The Morgan fingerprint density at radius 2 is 1.75 bits per heavy atom. The van der Waals surface area contributed by atoms with Crippen LogP contribution in [0.15, 0.2) is 24.3 Å². The average Bonchev–Trinajstić information content (AvgIpc) is 2.71. The Morgan fingerprint density at radius 3 is 2.40 bits per heavy atom. The average molecular weight is 275 g/mol. The molecule has 1 aromatic carbocycles. The van der Waals surface area contributed by atoms with Crippen LogP contribution in [0, 0.1) is 11.8 Å². The summed E-state index contributed by atoms with van der Waals surface area (Å²) in [6.45, 7) is 5.80. The molecule has 0 radical (unpaired) electrons. The van der Waals surface area contributed by atoms with Crippen molar-refractivity contribution < 1.29 is 5.11 Å². The fraction of sp³-hybridized carbons (Fsp3) is 0.667. The topological polar surface area (TPSA) is 32.3 Å². The number of aliphatic hydroxyl groups is 1. The van der Waals surface area contributed by atoms with Crippen LogP contribution >= 0.6 is 0 Å². The highest BCUT2D eigenvalue weighted by Crippen LogP contribution is 2.28. The van der Waals surface area contributed by atoms with Crippen LogP contribution in [-0.4, -0.2) is 11.1 Å². The monoisotopic (exact) mass is 275 g/mol. The quantitative estimate of drug-likeness (QED) is 0.799. The minimum absolute atomic E-state index is 0.132. The molecule has 2 nitrogen and oxygen atoms in total. The molecule has 1 fully saturated rings. The molecule has 0 aliphatic heterocycles. The molecular formula is C18H29NO.